The quantitative estimate of drug-likeness (QED) is 0.225. The number of hydrogen-bond acceptors (Lipinski definition) is 6. The van der Waals surface area contributed by atoms with E-state index < -0.39 is 0 Å². The van der Waals surface area contributed by atoms with E-state index in [0.717, 1.165) is 32.5 Å². The van der Waals surface area contributed by atoms with Crippen LogP contribution >= 0.6 is 22.7 Å². The van der Waals surface area contributed by atoms with Gasteiger partial charge in [0.1, 0.15) is 0 Å². The minimum Gasteiger partial charge on any atom is -0.396 e. The summed E-state index contributed by atoms with van der Waals surface area (Å²) in [5.74, 6) is 26.9. The van der Waals surface area contributed by atoms with Gasteiger partial charge in [-0.25, -0.2) is 0 Å². The molecule has 1 saturated heterocycles. The summed E-state index contributed by atoms with van der Waals surface area (Å²) < 4.78 is 4.50. The molecular formula is C33H37LiO2S7. The number of unbranched alkanes of at least 4 members (excludes halogenated alkanes) is 1. The van der Waals surface area contributed by atoms with Crippen molar-refractivity contribution in [1.29, 1.82) is 0 Å². The number of rotatable bonds is 5. The molecule has 0 unspecified atom stereocenters. The molecule has 1 aliphatic heterocycles. The predicted octanol–water partition coefficient (Wildman–Crippen LogP) is 3.44. The van der Waals surface area contributed by atoms with Gasteiger partial charge in [0.05, 0.1) is 13.2 Å². The van der Waals surface area contributed by atoms with E-state index in [1.165, 1.54) is 54.1 Å². The molecule has 0 atom stereocenters. The summed E-state index contributed by atoms with van der Waals surface area (Å²) in [4.78, 5) is 4.17. The van der Waals surface area contributed by atoms with Crippen LogP contribution in [0.5, 0.6) is 0 Å². The van der Waals surface area contributed by atoms with Gasteiger partial charge in [0.25, 0.3) is 0 Å². The molecule has 2 aromatic heterocycles. The zero-order valence-corrected chi connectivity index (χ0v) is 31.3. The molecule has 0 spiro atoms. The molecule has 0 saturated carbocycles. The predicted molar refractivity (Wildman–Crippen MR) is 199 cm³/mol. The number of terminal acetylenes is 1. The van der Waals surface area contributed by atoms with Crippen LogP contribution in [-0.4, -0.2) is 24.9 Å². The zero-order chi connectivity index (χ0) is 31.9. The molecule has 1 aliphatic rings. The third-order valence-electron chi connectivity index (χ3n) is 3.66. The van der Waals surface area contributed by atoms with E-state index in [-0.39, 0.29) is 25.5 Å². The molecule has 1 N–H and O–H groups in total. The molecule has 3 heterocycles. The maximum absolute atomic E-state index is 8.61. The normalized spacial score (nSPS) is 8.02. The van der Waals surface area contributed by atoms with E-state index in [4.69, 9.17) is 11.5 Å². The van der Waals surface area contributed by atoms with Gasteiger partial charge in [-0.2, -0.15) is 6.42 Å². The van der Waals surface area contributed by atoms with Crippen molar-refractivity contribution >= 4 is 71.7 Å². The Morgan fingerprint density at radius 3 is 1.65 bits per heavy atom. The van der Waals surface area contributed by atoms with E-state index >= 15 is 0 Å². The summed E-state index contributed by atoms with van der Waals surface area (Å²) in [7, 11) is 3.95. The SMILES string of the molecule is C#CC#CC#CC#CC#CC#CC.C1CO1.CCc1ccc(CCO)s1.CCc1cccs1.S=S=S=S=S.[CH2-]CCC.[Li+]. The first-order valence-electron chi connectivity index (χ1n) is 12.7. The van der Waals surface area contributed by atoms with E-state index in [0.29, 0.717) is 0 Å². The van der Waals surface area contributed by atoms with Crippen molar-refractivity contribution in [2.45, 2.75) is 59.8 Å². The number of ether oxygens (including phenoxy) is 1. The smallest absolute Gasteiger partial charge is 0.396 e. The van der Waals surface area contributed by atoms with Crippen molar-refractivity contribution < 1.29 is 28.7 Å². The monoisotopic (exact) mass is 696 g/mol. The third kappa shape index (κ3) is 47.5. The first-order valence-corrected chi connectivity index (χ1v) is 19.8. The summed E-state index contributed by atoms with van der Waals surface area (Å²) in [6, 6.07) is 8.48. The van der Waals surface area contributed by atoms with Gasteiger partial charge < -0.3 is 16.8 Å². The molecule has 2 aromatic rings. The first kappa shape index (κ1) is 48.3. The standard InChI is InChI=1S/C13H4.C8H12OS.C6H8S.C4H9.C2H4O.Li.S5/c1-3-5-7-9-11-13-12-10-8-6-4-2;1-2-7-3-4-8(10-7)5-6-9;1-2-6-4-3-5-7-6;1-3-4-2;1-2-3-1;;1-3-5-4-2/h1H,2H3;3-4,9H,2,5-6H2,1H3;3-5H,2H2,1H3;1,3-4H2,2H3;1-2H2;;/q;;;-1;;+1;. The van der Waals surface area contributed by atoms with E-state index in [1.807, 2.05) is 11.3 Å². The molecule has 1 fully saturated rings. The second-order valence-electron chi connectivity index (χ2n) is 6.82. The molecule has 3 rings (SSSR count). The van der Waals surface area contributed by atoms with Crippen LogP contribution in [0.1, 0.15) is 55.2 Å². The second kappa shape index (κ2) is 44.8. The Morgan fingerprint density at radius 2 is 1.37 bits per heavy atom. The molecule has 10 heteroatoms. The van der Waals surface area contributed by atoms with Gasteiger partial charge in [0.2, 0.25) is 0 Å². The Balaban J connectivity index is -0.000000225. The topological polar surface area (TPSA) is 32.8 Å². The van der Waals surface area contributed by atoms with Crippen molar-refractivity contribution in [2.24, 2.45) is 0 Å². The fraction of sp³-hybridized carbons (Fsp3) is 0.364. The number of thiophene rings is 2. The van der Waals surface area contributed by atoms with Crippen LogP contribution in [0.3, 0.4) is 0 Å². The molecule has 43 heavy (non-hydrogen) atoms. The zero-order valence-electron chi connectivity index (χ0n) is 25.5. The average molecular weight is 697 g/mol. The Bertz CT molecular complexity index is 1390. The van der Waals surface area contributed by atoms with E-state index in [2.05, 4.69) is 150 Å². The summed E-state index contributed by atoms with van der Waals surface area (Å²) >= 11 is 12.5. The Hall–Kier alpha value is -1.62. The van der Waals surface area contributed by atoms with Crippen molar-refractivity contribution in [3.8, 4) is 71.5 Å². The van der Waals surface area contributed by atoms with Crippen LogP contribution in [0.25, 0.3) is 0 Å². The number of epoxide rings is 1. The molecule has 0 bridgehead atoms. The fourth-order valence-corrected chi connectivity index (χ4v) is 6.05. The number of aliphatic hydroxyl groups excluding tert-OH is 1. The van der Waals surface area contributed by atoms with Gasteiger partial charge in [-0.3, -0.25) is 0 Å². The Kier molecular flexibility index (Phi) is 50.3. The first-order chi connectivity index (χ1) is 20.5. The van der Waals surface area contributed by atoms with Crippen molar-refractivity contribution in [1.82, 2.24) is 0 Å². The van der Waals surface area contributed by atoms with Crippen LogP contribution in [0, 0.1) is 78.5 Å². The number of aliphatic hydroxyl groups is 1. The maximum atomic E-state index is 8.61. The molecule has 0 amide bonds. The average Bonchev–Trinajstić information content (AvgIpc) is 3.67. The Labute approximate surface area is 300 Å². The van der Waals surface area contributed by atoms with Crippen molar-refractivity contribution in [2.75, 3.05) is 19.8 Å². The molecule has 224 valence electrons. The van der Waals surface area contributed by atoms with Crippen molar-refractivity contribution in [3.63, 3.8) is 0 Å². The molecular weight excluding hydrogens is 660 g/mol. The molecule has 0 aliphatic carbocycles. The van der Waals surface area contributed by atoms with Crippen LogP contribution in [0.2, 0.25) is 0 Å². The molecule has 0 aromatic carbocycles. The second-order valence-corrected chi connectivity index (χ2v) is 14.4. The van der Waals surface area contributed by atoms with Gasteiger partial charge in [0.15, 0.2) is 0 Å². The number of hydrogen-bond donors (Lipinski definition) is 1. The largest absolute Gasteiger partial charge is 1.00 e. The third-order valence-corrected chi connectivity index (χ3v) is 10.4. The maximum Gasteiger partial charge on any atom is 1.00 e. The van der Waals surface area contributed by atoms with Gasteiger partial charge in [-0.15, -0.1) is 29.1 Å². The molecule has 2 nitrogen and oxygen atoms in total. The van der Waals surface area contributed by atoms with Crippen LogP contribution in [0.4, 0.5) is 0 Å². The minimum atomic E-state index is 0. The summed E-state index contributed by atoms with van der Waals surface area (Å²) in [5, 5.41) is 10.7. The minimum absolute atomic E-state index is 0. The van der Waals surface area contributed by atoms with Crippen LogP contribution in [-0.2, 0) is 73.0 Å². The summed E-state index contributed by atoms with van der Waals surface area (Å²) in [6.07, 6.45) is 10.2. The molecule has 0 radical (unpaired) electrons. The number of aryl methyl sites for hydroxylation is 2. The van der Waals surface area contributed by atoms with E-state index in [9.17, 15) is 0 Å². The Morgan fingerprint density at radius 1 is 0.884 bits per heavy atom. The van der Waals surface area contributed by atoms with Crippen LogP contribution < -0.4 is 18.9 Å². The van der Waals surface area contributed by atoms with E-state index in [1.54, 1.807) is 18.3 Å². The summed E-state index contributed by atoms with van der Waals surface area (Å²) in [5.41, 5.74) is 0. The summed E-state index contributed by atoms with van der Waals surface area (Å²) in [6.45, 7) is 14.0. The van der Waals surface area contributed by atoms with Gasteiger partial charge >= 0.3 is 18.9 Å². The van der Waals surface area contributed by atoms with Gasteiger partial charge in [-0.1, -0.05) is 39.2 Å². The van der Waals surface area contributed by atoms with Crippen LogP contribution in [0.15, 0.2) is 29.6 Å². The van der Waals surface area contributed by atoms with Gasteiger partial charge in [0, 0.05) is 76.7 Å². The van der Waals surface area contributed by atoms with Gasteiger partial charge in [-0.05, 0) is 103 Å². The van der Waals surface area contributed by atoms with Crippen molar-refractivity contribution in [3.05, 3.63) is 51.2 Å². The fourth-order valence-electron chi connectivity index (χ4n) is 1.70.